The third-order valence-electron chi connectivity index (χ3n) is 4.66. The van der Waals surface area contributed by atoms with Crippen molar-refractivity contribution < 1.29 is 9.53 Å². The Kier molecular flexibility index (Phi) is 4.40. The van der Waals surface area contributed by atoms with E-state index in [0.29, 0.717) is 24.7 Å². The number of hydrogen-bond donors (Lipinski definition) is 1. The summed E-state index contributed by atoms with van der Waals surface area (Å²) in [6.07, 6.45) is 4.00. The lowest BCUT2D eigenvalue weighted by atomic mass is 10.1. The first kappa shape index (κ1) is 16.1. The number of ether oxygens (including phenoxy) is 1. The van der Waals surface area contributed by atoms with Crippen molar-refractivity contribution in [3.8, 4) is 0 Å². The molecule has 2 atom stereocenters. The van der Waals surface area contributed by atoms with E-state index < -0.39 is 0 Å². The summed E-state index contributed by atoms with van der Waals surface area (Å²) in [4.78, 5) is 19.1. The predicted octanol–water partition coefficient (Wildman–Crippen LogP) is 3.26. The zero-order valence-electron chi connectivity index (χ0n) is 14.4. The topological polar surface area (TPSA) is 54.5 Å². The number of anilines is 1. The lowest BCUT2D eigenvalue weighted by Gasteiger charge is -2.37. The van der Waals surface area contributed by atoms with Crippen LogP contribution in [0.25, 0.3) is 0 Å². The van der Waals surface area contributed by atoms with Crippen molar-refractivity contribution in [1.29, 1.82) is 0 Å². The number of pyridine rings is 1. The maximum atomic E-state index is 12.9. The molecule has 1 aliphatic heterocycles. The van der Waals surface area contributed by atoms with Gasteiger partial charge >= 0.3 is 0 Å². The number of aromatic nitrogens is 1. The Bertz CT molecular complexity index is 728. The minimum Gasteiger partial charge on any atom is -0.367 e. The third-order valence-corrected chi connectivity index (χ3v) is 4.66. The van der Waals surface area contributed by atoms with E-state index in [1.807, 2.05) is 54.3 Å². The third kappa shape index (κ3) is 3.82. The van der Waals surface area contributed by atoms with Gasteiger partial charge in [-0.1, -0.05) is 30.3 Å². The molecule has 2 aromatic rings. The molecular weight excluding hydrogens is 314 g/mol. The smallest absolute Gasteiger partial charge is 0.255 e. The summed E-state index contributed by atoms with van der Waals surface area (Å²) in [5.74, 6) is 0.859. The van der Waals surface area contributed by atoms with Gasteiger partial charge in [-0.3, -0.25) is 4.79 Å². The fourth-order valence-corrected chi connectivity index (χ4v) is 3.19. The Morgan fingerprint density at radius 1 is 1.16 bits per heavy atom. The second-order valence-electron chi connectivity index (χ2n) is 6.91. The van der Waals surface area contributed by atoms with E-state index in [9.17, 15) is 4.79 Å². The van der Waals surface area contributed by atoms with E-state index in [4.69, 9.17) is 4.74 Å². The van der Waals surface area contributed by atoms with Gasteiger partial charge in [-0.2, -0.15) is 0 Å². The summed E-state index contributed by atoms with van der Waals surface area (Å²) in [5.41, 5.74) is 1.73. The van der Waals surface area contributed by atoms with Crippen LogP contribution in [0, 0.1) is 0 Å². The van der Waals surface area contributed by atoms with Crippen molar-refractivity contribution in [3.63, 3.8) is 0 Å². The zero-order chi connectivity index (χ0) is 17.2. The minimum atomic E-state index is -0.0855. The number of nitrogens with one attached hydrogen (secondary N) is 1. The highest BCUT2D eigenvalue weighted by atomic mass is 16.5. The summed E-state index contributed by atoms with van der Waals surface area (Å²) in [7, 11) is 0. The average Bonchev–Trinajstić information content (AvgIpc) is 3.46. The van der Waals surface area contributed by atoms with Crippen LogP contribution >= 0.6 is 0 Å². The van der Waals surface area contributed by atoms with Crippen molar-refractivity contribution >= 4 is 11.7 Å². The molecule has 130 valence electrons. The van der Waals surface area contributed by atoms with Crippen molar-refractivity contribution in [3.05, 3.63) is 59.8 Å². The van der Waals surface area contributed by atoms with Crippen LogP contribution in [0.5, 0.6) is 0 Å². The van der Waals surface area contributed by atoms with Gasteiger partial charge in [0.25, 0.3) is 5.91 Å². The van der Waals surface area contributed by atoms with Gasteiger partial charge in [0.05, 0.1) is 18.2 Å². The van der Waals surface area contributed by atoms with Crippen LogP contribution in [0.2, 0.25) is 0 Å². The largest absolute Gasteiger partial charge is 0.367 e. The molecule has 1 saturated heterocycles. The van der Waals surface area contributed by atoms with E-state index in [1.54, 1.807) is 6.20 Å². The van der Waals surface area contributed by atoms with Crippen LogP contribution in [-0.4, -0.2) is 41.0 Å². The number of carbonyl (C=O) groups is 1. The van der Waals surface area contributed by atoms with Gasteiger partial charge in [-0.05, 0) is 37.5 Å². The van der Waals surface area contributed by atoms with Gasteiger partial charge in [-0.15, -0.1) is 0 Å². The summed E-state index contributed by atoms with van der Waals surface area (Å²) < 4.78 is 6.04. The summed E-state index contributed by atoms with van der Waals surface area (Å²) in [5, 5.41) is 3.34. The molecule has 5 heteroatoms. The number of benzene rings is 1. The van der Waals surface area contributed by atoms with Gasteiger partial charge in [0.15, 0.2) is 0 Å². The standard InChI is InChI=1S/C20H23N3O2/c1-14-12-23(13-18(25-14)15-5-3-2-4-6-15)20(24)16-7-10-19(21-11-16)22-17-8-9-17/h2-7,10-11,14,17-18H,8-9,12-13H2,1H3,(H,21,22)/t14-,18-/m1/s1. The summed E-state index contributed by atoms with van der Waals surface area (Å²) in [6, 6.07) is 14.4. The molecule has 2 aliphatic rings. The van der Waals surface area contributed by atoms with Crippen LogP contribution in [0.4, 0.5) is 5.82 Å². The van der Waals surface area contributed by atoms with Gasteiger partial charge in [0.1, 0.15) is 11.9 Å². The normalized spacial score (nSPS) is 23.3. The van der Waals surface area contributed by atoms with Crippen LogP contribution in [-0.2, 0) is 4.74 Å². The van der Waals surface area contributed by atoms with E-state index in [2.05, 4.69) is 10.3 Å². The fraction of sp³-hybridized carbons (Fsp3) is 0.400. The molecule has 0 unspecified atom stereocenters. The van der Waals surface area contributed by atoms with E-state index >= 15 is 0 Å². The van der Waals surface area contributed by atoms with Crippen molar-refractivity contribution in [1.82, 2.24) is 9.88 Å². The van der Waals surface area contributed by atoms with Crippen LogP contribution < -0.4 is 5.32 Å². The van der Waals surface area contributed by atoms with Crippen LogP contribution in [0.1, 0.15) is 41.8 Å². The fourth-order valence-electron chi connectivity index (χ4n) is 3.19. The molecule has 1 amide bonds. The highest BCUT2D eigenvalue weighted by molar-refractivity contribution is 5.94. The molecule has 2 heterocycles. The van der Waals surface area contributed by atoms with E-state index in [-0.39, 0.29) is 18.1 Å². The SMILES string of the molecule is C[C@@H]1CN(C(=O)c2ccc(NC3CC3)nc2)C[C@H](c2ccccc2)O1. The number of rotatable bonds is 4. The van der Waals surface area contributed by atoms with Gasteiger partial charge in [0.2, 0.25) is 0 Å². The highest BCUT2D eigenvalue weighted by Gasteiger charge is 2.30. The van der Waals surface area contributed by atoms with E-state index in [0.717, 1.165) is 11.4 Å². The minimum absolute atomic E-state index is 0.00618. The average molecular weight is 337 g/mol. The first-order valence-corrected chi connectivity index (χ1v) is 8.91. The maximum absolute atomic E-state index is 12.9. The quantitative estimate of drug-likeness (QED) is 0.930. The molecule has 1 saturated carbocycles. The molecule has 5 nitrogen and oxygen atoms in total. The van der Waals surface area contributed by atoms with Crippen molar-refractivity contribution in [2.45, 2.75) is 38.0 Å². The molecule has 4 rings (SSSR count). The molecule has 25 heavy (non-hydrogen) atoms. The monoisotopic (exact) mass is 337 g/mol. The van der Waals surface area contributed by atoms with Crippen LogP contribution in [0.3, 0.4) is 0 Å². The molecule has 0 spiro atoms. The Balaban J connectivity index is 1.46. The number of morpholine rings is 1. The molecule has 0 bridgehead atoms. The number of hydrogen-bond acceptors (Lipinski definition) is 4. The van der Waals surface area contributed by atoms with Crippen molar-refractivity contribution in [2.75, 3.05) is 18.4 Å². The Morgan fingerprint density at radius 3 is 2.64 bits per heavy atom. The Morgan fingerprint density at radius 2 is 1.96 bits per heavy atom. The van der Waals surface area contributed by atoms with Gasteiger partial charge in [0, 0.05) is 18.8 Å². The van der Waals surface area contributed by atoms with Crippen molar-refractivity contribution in [2.24, 2.45) is 0 Å². The molecule has 1 N–H and O–H groups in total. The Labute approximate surface area is 148 Å². The number of carbonyl (C=O) groups excluding carboxylic acids is 1. The first-order valence-electron chi connectivity index (χ1n) is 8.91. The molecule has 1 aromatic heterocycles. The van der Waals surface area contributed by atoms with Crippen LogP contribution in [0.15, 0.2) is 48.7 Å². The maximum Gasteiger partial charge on any atom is 0.255 e. The number of nitrogens with zero attached hydrogens (tertiary/aromatic N) is 2. The number of amides is 1. The Hall–Kier alpha value is -2.40. The molecule has 1 aromatic carbocycles. The summed E-state index contributed by atoms with van der Waals surface area (Å²) >= 11 is 0. The van der Waals surface area contributed by atoms with Gasteiger partial charge < -0.3 is 15.0 Å². The second kappa shape index (κ2) is 6.84. The zero-order valence-corrected chi connectivity index (χ0v) is 14.4. The molecule has 0 radical (unpaired) electrons. The highest BCUT2D eigenvalue weighted by Crippen LogP contribution is 2.27. The predicted molar refractivity (Wildman–Crippen MR) is 96.5 cm³/mol. The molecule has 2 fully saturated rings. The molecule has 1 aliphatic carbocycles. The lowest BCUT2D eigenvalue weighted by Crippen LogP contribution is -2.46. The summed E-state index contributed by atoms with van der Waals surface area (Å²) in [6.45, 7) is 3.18. The molecular formula is C20H23N3O2. The van der Waals surface area contributed by atoms with Gasteiger partial charge in [-0.25, -0.2) is 4.98 Å². The van der Waals surface area contributed by atoms with E-state index in [1.165, 1.54) is 12.8 Å². The second-order valence-corrected chi connectivity index (χ2v) is 6.91. The first-order chi connectivity index (χ1) is 12.2. The lowest BCUT2D eigenvalue weighted by molar-refractivity contribution is -0.0691.